The first-order valence-electron chi connectivity index (χ1n) is 15.0. The molecule has 0 saturated carbocycles. The Balaban J connectivity index is 0.000000700. The number of aryl methyl sites for hydroxylation is 1. The van der Waals surface area contributed by atoms with Gasteiger partial charge in [-0.15, -0.1) is 11.3 Å². The molecule has 9 nitrogen and oxygen atoms in total. The van der Waals surface area contributed by atoms with Crippen molar-refractivity contribution in [2.45, 2.75) is 44.9 Å². The molecule has 238 valence electrons. The van der Waals surface area contributed by atoms with E-state index in [2.05, 4.69) is 59.5 Å². The van der Waals surface area contributed by atoms with Crippen LogP contribution in [0.3, 0.4) is 0 Å². The number of nitrogens with zero attached hydrogens (tertiary/aromatic N) is 1. The summed E-state index contributed by atoms with van der Waals surface area (Å²) in [5.74, 6) is -2.70. The number of carboxylic acid groups (broad SMARTS) is 3. The topological polar surface area (TPSA) is 134 Å². The molecule has 1 fully saturated rings. The highest BCUT2D eigenvalue weighted by atomic mass is 32.1. The van der Waals surface area contributed by atoms with Crippen molar-refractivity contribution in [1.82, 2.24) is 4.90 Å². The highest BCUT2D eigenvalue weighted by Crippen LogP contribution is 2.40. The van der Waals surface area contributed by atoms with E-state index >= 15 is 0 Å². The number of rotatable bonds is 13. The summed E-state index contributed by atoms with van der Waals surface area (Å²) in [6.45, 7) is 4.06. The largest absolute Gasteiger partial charge is 0.496 e. The Morgan fingerprint density at radius 3 is 2.27 bits per heavy atom. The number of hydrogen-bond acceptors (Lipinski definition) is 7. The molecule has 5 rings (SSSR count). The van der Waals surface area contributed by atoms with E-state index in [9.17, 15) is 4.79 Å². The van der Waals surface area contributed by atoms with Gasteiger partial charge in [0, 0.05) is 16.0 Å². The summed E-state index contributed by atoms with van der Waals surface area (Å²) in [6.07, 6.45) is 6.32. The number of hydrogen-bond donors (Lipinski definition) is 3. The number of likely N-dealkylation sites (tertiary alicyclic amines) is 1. The fourth-order valence-corrected chi connectivity index (χ4v) is 6.66. The van der Waals surface area contributed by atoms with Crippen LogP contribution in [0.4, 0.5) is 0 Å². The molecule has 0 aliphatic carbocycles. The van der Waals surface area contributed by atoms with Gasteiger partial charge < -0.3 is 29.7 Å². The zero-order valence-electron chi connectivity index (χ0n) is 25.4. The minimum atomic E-state index is -1.82. The van der Waals surface area contributed by atoms with Crippen molar-refractivity contribution in [1.29, 1.82) is 0 Å². The van der Waals surface area contributed by atoms with Crippen LogP contribution in [0.15, 0.2) is 66.7 Å². The number of ether oxygens (including phenoxy) is 2. The number of fused-ring (bicyclic) bond motifs is 1. The van der Waals surface area contributed by atoms with Crippen molar-refractivity contribution in [2.75, 3.05) is 33.4 Å². The predicted octanol–water partition coefficient (Wildman–Crippen LogP) is 6.60. The van der Waals surface area contributed by atoms with Gasteiger partial charge in [-0.1, -0.05) is 30.3 Å². The fourth-order valence-electron chi connectivity index (χ4n) is 5.43. The molecule has 0 atom stereocenters. The Bertz CT molecular complexity index is 1580. The van der Waals surface area contributed by atoms with E-state index in [1.807, 2.05) is 23.5 Å². The number of thiophene rings is 1. The highest BCUT2D eigenvalue weighted by molar-refractivity contribution is 7.22. The van der Waals surface area contributed by atoms with Crippen LogP contribution in [0, 0.1) is 0 Å². The van der Waals surface area contributed by atoms with Crippen molar-refractivity contribution in [3.05, 3.63) is 83.4 Å². The van der Waals surface area contributed by atoms with Gasteiger partial charge in [-0.25, -0.2) is 9.59 Å². The molecule has 4 aromatic rings. The van der Waals surface area contributed by atoms with Gasteiger partial charge in [-0.2, -0.15) is 0 Å². The van der Waals surface area contributed by atoms with Crippen molar-refractivity contribution in [2.24, 2.45) is 0 Å². The zero-order chi connectivity index (χ0) is 32.2. The Labute approximate surface area is 266 Å². The molecule has 0 spiro atoms. The molecule has 1 aliphatic rings. The maximum absolute atomic E-state index is 10.7. The number of carbonyl (C=O) groups is 3. The summed E-state index contributed by atoms with van der Waals surface area (Å²) in [4.78, 5) is 32.8. The molecule has 0 amide bonds. The minimum absolute atomic E-state index is 0.119. The van der Waals surface area contributed by atoms with Crippen molar-refractivity contribution >= 4 is 39.3 Å². The van der Waals surface area contributed by atoms with Gasteiger partial charge >= 0.3 is 17.9 Å². The van der Waals surface area contributed by atoms with Gasteiger partial charge in [-0.05, 0) is 122 Å². The van der Waals surface area contributed by atoms with E-state index in [0.717, 1.165) is 36.3 Å². The van der Waals surface area contributed by atoms with Gasteiger partial charge in [0.25, 0.3) is 0 Å². The first-order chi connectivity index (χ1) is 21.7. The van der Waals surface area contributed by atoms with Crippen molar-refractivity contribution < 1.29 is 39.2 Å². The summed E-state index contributed by atoms with van der Waals surface area (Å²) in [7, 11) is 1.78. The van der Waals surface area contributed by atoms with Gasteiger partial charge in [-0.3, -0.25) is 4.79 Å². The SMILES string of the molecule is COc1cc(Cc2c(-c3ccc(OCCCC(=O)O)cc3)sc3ccccc23)ccc1CCCN1CCCC1.O=C(O)C(=O)O. The lowest BCUT2D eigenvalue weighted by Crippen LogP contribution is -2.20. The molecule has 2 heterocycles. The molecule has 1 aliphatic heterocycles. The molecule has 3 N–H and O–H groups in total. The maximum atomic E-state index is 10.7. The summed E-state index contributed by atoms with van der Waals surface area (Å²) in [5.41, 5.74) is 5.03. The molecular weight excluding hydrogens is 594 g/mol. The third-order valence-electron chi connectivity index (χ3n) is 7.65. The van der Waals surface area contributed by atoms with E-state index < -0.39 is 17.9 Å². The predicted molar refractivity (Wildman–Crippen MR) is 175 cm³/mol. The Morgan fingerprint density at radius 2 is 1.60 bits per heavy atom. The lowest BCUT2D eigenvalue weighted by Gasteiger charge is -2.15. The van der Waals surface area contributed by atoms with E-state index in [4.69, 9.17) is 34.4 Å². The Hall–Kier alpha value is -4.41. The van der Waals surface area contributed by atoms with Crippen molar-refractivity contribution in [3.63, 3.8) is 0 Å². The summed E-state index contributed by atoms with van der Waals surface area (Å²) >= 11 is 1.82. The lowest BCUT2D eigenvalue weighted by molar-refractivity contribution is -0.159. The number of methoxy groups -OCH3 is 1. The second-order valence-electron chi connectivity index (χ2n) is 10.9. The number of carboxylic acids is 3. The second-order valence-corrected chi connectivity index (χ2v) is 11.9. The third-order valence-corrected chi connectivity index (χ3v) is 8.92. The van der Waals surface area contributed by atoms with Crippen LogP contribution in [-0.2, 0) is 27.2 Å². The Morgan fingerprint density at radius 1 is 0.889 bits per heavy atom. The van der Waals surface area contributed by atoms with Gasteiger partial charge in [0.2, 0.25) is 0 Å². The first-order valence-corrected chi connectivity index (χ1v) is 15.9. The molecule has 0 bridgehead atoms. The monoisotopic (exact) mass is 633 g/mol. The lowest BCUT2D eigenvalue weighted by atomic mass is 9.97. The average molecular weight is 634 g/mol. The average Bonchev–Trinajstić information content (AvgIpc) is 3.69. The van der Waals surface area contributed by atoms with Crippen LogP contribution < -0.4 is 9.47 Å². The van der Waals surface area contributed by atoms with Crippen LogP contribution in [0.5, 0.6) is 11.5 Å². The zero-order valence-corrected chi connectivity index (χ0v) is 26.2. The second kappa shape index (κ2) is 16.6. The fraction of sp³-hybridized carbons (Fsp3) is 0.343. The Kier molecular flexibility index (Phi) is 12.4. The van der Waals surface area contributed by atoms with Crippen LogP contribution in [-0.4, -0.2) is 71.5 Å². The molecule has 10 heteroatoms. The van der Waals surface area contributed by atoms with E-state index in [0.29, 0.717) is 13.0 Å². The van der Waals surface area contributed by atoms with Crippen molar-refractivity contribution in [3.8, 4) is 21.9 Å². The van der Waals surface area contributed by atoms with Gasteiger partial charge in [0.15, 0.2) is 0 Å². The quantitative estimate of drug-likeness (QED) is 0.110. The molecule has 0 unspecified atom stereocenters. The third kappa shape index (κ3) is 9.79. The normalized spacial score (nSPS) is 12.8. The molecule has 1 aromatic heterocycles. The minimum Gasteiger partial charge on any atom is -0.496 e. The van der Waals surface area contributed by atoms with Gasteiger partial charge in [0.05, 0.1) is 13.7 Å². The van der Waals surface area contributed by atoms with Crippen LogP contribution in [0.1, 0.15) is 48.8 Å². The number of aliphatic carboxylic acids is 3. The molecular formula is C35H39NO8S. The van der Waals surface area contributed by atoms with Crippen LogP contribution in [0.25, 0.3) is 20.5 Å². The molecule has 45 heavy (non-hydrogen) atoms. The van der Waals surface area contributed by atoms with E-state index in [1.165, 1.54) is 64.1 Å². The van der Waals surface area contributed by atoms with E-state index in [1.54, 1.807) is 7.11 Å². The molecule has 3 aromatic carbocycles. The molecule has 1 saturated heterocycles. The maximum Gasteiger partial charge on any atom is 0.414 e. The van der Waals surface area contributed by atoms with Crippen LogP contribution in [0.2, 0.25) is 0 Å². The van der Waals surface area contributed by atoms with Crippen LogP contribution >= 0.6 is 11.3 Å². The summed E-state index contributed by atoms with van der Waals surface area (Å²) in [5, 5.41) is 24.9. The smallest absolute Gasteiger partial charge is 0.414 e. The van der Waals surface area contributed by atoms with Gasteiger partial charge in [0.1, 0.15) is 11.5 Å². The molecule has 0 radical (unpaired) electrons. The van der Waals surface area contributed by atoms with E-state index in [-0.39, 0.29) is 6.42 Å². The summed E-state index contributed by atoms with van der Waals surface area (Å²) in [6, 6.07) is 23.5. The first kappa shape index (κ1) is 33.5. The number of benzene rings is 3. The standard InChI is InChI=1S/C33H37NO4S.C2H2O4/c1-37-30-23-24(12-13-25(30)8-6-20-34-18-4-5-19-34)22-29-28-9-2-3-10-31(28)39-33(29)26-14-16-27(17-15-26)38-21-7-11-32(35)36;3-1(4)2(5)6/h2-3,9-10,12-17,23H,4-8,11,18-22H2,1H3,(H,35,36);(H,3,4)(H,5,6). The summed E-state index contributed by atoms with van der Waals surface area (Å²) < 4.78 is 12.9. The highest BCUT2D eigenvalue weighted by Gasteiger charge is 2.16.